The number of benzene rings is 1. The third-order valence-corrected chi connectivity index (χ3v) is 2.60. The van der Waals surface area contributed by atoms with Crippen molar-refractivity contribution in [3.8, 4) is 6.01 Å². The zero-order valence-electron chi connectivity index (χ0n) is 10.5. The van der Waals surface area contributed by atoms with E-state index in [0.717, 1.165) is 23.1 Å². The molecule has 0 amide bonds. The zero-order chi connectivity index (χ0) is 12.4. The monoisotopic (exact) mass is 233 g/mol. The fraction of sp³-hybridized carbons (Fsp3) is 0.462. The first-order valence-corrected chi connectivity index (χ1v) is 5.96. The quantitative estimate of drug-likeness (QED) is 0.798. The summed E-state index contributed by atoms with van der Waals surface area (Å²) in [6.07, 6.45) is 1.17. The normalized spacial score (nSPS) is 13.2. The van der Waals surface area contributed by atoms with Crippen molar-refractivity contribution in [1.82, 2.24) is 9.97 Å². The van der Waals surface area contributed by atoms with Gasteiger partial charge in [-0.3, -0.25) is 0 Å². The molecule has 0 aliphatic carbocycles. The number of fused-ring (bicyclic) bond motifs is 1. The number of aromatic amines is 1. The van der Waals surface area contributed by atoms with E-state index in [1.54, 1.807) is 0 Å². The number of nitrogens with one attached hydrogen (secondary N) is 1. The standard InChI is InChI=1S/C13H19N3O/c1-8(2)6-9(3)17-13-15-11-5-4-10(14)7-12(11)16-13/h4-5,7-9H,6,14H2,1-3H3,(H,15,16). The van der Waals surface area contributed by atoms with Crippen LogP contribution in [0.3, 0.4) is 0 Å². The second-order valence-corrected chi connectivity index (χ2v) is 4.88. The van der Waals surface area contributed by atoms with Gasteiger partial charge in [0.15, 0.2) is 0 Å². The Balaban J connectivity index is 2.14. The van der Waals surface area contributed by atoms with Crippen LogP contribution >= 0.6 is 0 Å². The average molecular weight is 233 g/mol. The van der Waals surface area contributed by atoms with Gasteiger partial charge in [0.05, 0.1) is 17.1 Å². The Kier molecular flexibility index (Phi) is 3.22. The zero-order valence-corrected chi connectivity index (χ0v) is 10.5. The van der Waals surface area contributed by atoms with Crippen molar-refractivity contribution in [2.75, 3.05) is 5.73 Å². The number of nitrogens with zero attached hydrogens (tertiary/aromatic N) is 1. The Hall–Kier alpha value is -1.71. The molecule has 0 bridgehead atoms. The van der Waals surface area contributed by atoms with Gasteiger partial charge in [0, 0.05) is 5.69 Å². The molecule has 0 aliphatic heterocycles. The summed E-state index contributed by atoms with van der Waals surface area (Å²) in [6, 6.07) is 6.16. The van der Waals surface area contributed by atoms with Gasteiger partial charge in [-0.15, -0.1) is 0 Å². The molecule has 4 heteroatoms. The molecule has 0 radical (unpaired) electrons. The summed E-state index contributed by atoms with van der Waals surface area (Å²) in [5.74, 6) is 0.616. The van der Waals surface area contributed by atoms with Gasteiger partial charge in [-0.1, -0.05) is 13.8 Å². The van der Waals surface area contributed by atoms with E-state index in [2.05, 4.69) is 30.7 Å². The maximum atomic E-state index is 5.74. The summed E-state index contributed by atoms with van der Waals surface area (Å²) in [6.45, 7) is 6.42. The Bertz CT molecular complexity index is 504. The molecule has 1 atom stereocenters. The maximum absolute atomic E-state index is 5.74. The number of hydrogen-bond acceptors (Lipinski definition) is 3. The molecule has 17 heavy (non-hydrogen) atoms. The van der Waals surface area contributed by atoms with Crippen LogP contribution in [0.4, 0.5) is 5.69 Å². The molecule has 92 valence electrons. The van der Waals surface area contributed by atoms with E-state index in [4.69, 9.17) is 10.5 Å². The van der Waals surface area contributed by atoms with Crippen LogP contribution in [-0.2, 0) is 0 Å². The van der Waals surface area contributed by atoms with Crippen molar-refractivity contribution in [1.29, 1.82) is 0 Å². The van der Waals surface area contributed by atoms with Crippen LogP contribution < -0.4 is 10.5 Å². The molecule has 0 aliphatic rings. The molecule has 0 spiro atoms. The van der Waals surface area contributed by atoms with Crippen LogP contribution in [0.1, 0.15) is 27.2 Å². The van der Waals surface area contributed by atoms with Crippen LogP contribution in [0, 0.1) is 5.92 Å². The Labute approximate surface area is 101 Å². The summed E-state index contributed by atoms with van der Waals surface area (Å²) >= 11 is 0. The molecule has 0 fully saturated rings. The molecular weight excluding hydrogens is 214 g/mol. The number of imidazole rings is 1. The van der Waals surface area contributed by atoms with Crippen molar-refractivity contribution in [2.45, 2.75) is 33.3 Å². The number of hydrogen-bond donors (Lipinski definition) is 2. The smallest absolute Gasteiger partial charge is 0.294 e. The average Bonchev–Trinajstić information content (AvgIpc) is 2.57. The first-order valence-electron chi connectivity index (χ1n) is 5.96. The minimum atomic E-state index is 0.160. The van der Waals surface area contributed by atoms with Crippen LogP contribution in [-0.4, -0.2) is 16.1 Å². The van der Waals surface area contributed by atoms with Crippen LogP contribution in [0.15, 0.2) is 18.2 Å². The summed E-state index contributed by atoms with van der Waals surface area (Å²) in [4.78, 5) is 7.49. The number of anilines is 1. The summed E-state index contributed by atoms with van der Waals surface area (Å²) in [5.41, 5.74) is 8.23. The molecule has 2 rings (SSSR count). The molecule has 4 nitrogen and oxygen atoms in total. The number of nitrogen functional groups attached to an aromatic ring is 1. The molecule has 3 N–H and O–H groups in total. The van der Waals surface area contributed by atoms with E-state index in [1.807, 2.05) is 18.2 Å². The van der Waals surface area contributed by atoms with Crippen molar-refractivity contribution in [3.63, 3.8) is 0 Å². The number of aromatic nitrogens is 2. The topological polar surface area (TPSA) is 63.9 Å². The lowest BCUT2D eigenvalue weighted by Gasteiger charge is -2.13. The summed E-state index contributed by atoms with van der Waals surface area (Å²) < 4.78 is 5.74. The lowest BCUT2D eigenvalue weighted by atomic mass is 10.1. The van der Waals surface area contributed by atoms with Crippen molar-refractivity contribution in [2.24, 2.45) is 5.92 Å². The van der Waals surface area contributed by atoms with Gasteiger partial charge in [0.25, 0.3) is 6.01 Å². The predicted molar refractivity (Wildman–Crippen MR) is 70.1 cm³/mol. The van der Waals surface area contributed by atoms with Crippen LogP contribution in [0.25, 0.3) is 11.0 Å². The number of ether oxygens (including phenoxy) is 1. The van der Waals surface area contributed by atoms with E-state index in [0.29, 0.717) is 11.9 Å². The van der Waals surface area contributed by atoms with Gasteiger partial charge >= 0.3 is 0 Å². The summed E-state index contributed by atoms with van der Waals surface area (Å²) in [5, 5.41) is 0. The lowest BCUT2D eigenvalue weighted by Crippen LogP contribution is -2.15. The minimum absolute atomic E-state index is 0.160. The number of nitrogens with two attached hydrogens (primary N) is 1. The van der Waals surface area contributed by atoms with Crippen LogP contribution in [0.2, 0.25) is 0 Å². The van der Waals surface area contributed by atoms with Crippen LogP contribution in [0.5, 0.6) is 6.01 Å². The molecule has 0 saturated heterocycles. The first-order chi connectivity index (χ1) is 8.04. The highest BCUT2D eigenvalue weighted by molar-refractivity contribution is 5.79. The number of H-pyrrole nitrogens is 1. The SMILES string of the molecule is CC(C)CC(C)Oc1nc2ccc(N)cc2[nH]1. The number of rotatable bonds is 4. The maximum Gasteiger partial charge on any atom is 0.294 e. The second kappa shape index (κ2) is 4.65. The molecule has 1 heterocycles. The molecule has 1 unspecified atom stereocenters. The van der Waals surface area contributed by atoms with E-state index >= 15 is 0 Å². The van der Waals surface area contributed by atoms with Gasteiger partial charge < -0.3 is 15.5 Å². The molecule has 1 aromatic heterocycles. The Morgan fingerprint density at radius 1 is 1.35 bits per heavy atom. The van der Waals surface area contributed by atoms with E-state index < -0.39 is 0 Å². The van der Waals surface area contributed by atoms with E-state index in [9.17, 15) is 0 Å². The second-order valence-electron chi connectivity index (χ2n) is 4.88. The highest BCUT2D eigenvalue weighted by atomic mass is 16.5. The molecule has 1 aromatic carbocycles. The highest BCUT2D eigenvalue weighted by Crippen LogP contribution is 2.20. The fourth-order valence-electron chi connectivity index (χ4n) is 1.96. The minimum Gasteiger partial charge on any atom is -0.462 e. The van der Waals surface area contributed by atoms with Gasteiger partial charge in [-0.05, 0) is 37.5 Å². The van der Waals surface area contributed by atoms with Crippen molar-refractivity contribution < 1.29 is 4.74 Å². The van der Waals surface area contributed by atoms with Gasteiger partial charge in [-0.25, -0.2) is 0 Å². The molecule has 2 aromatic rings. The molecule has 0 saturated carbocycles. The van der Waals surface area contributed by atoms with E-state index in [-0.39, 0.29) is 6.10 Å². The Morgan fingerprint density at radius 2 is 2.12 bits per heavy atom. The van der Waals surface area contributed by atoms with Crippen molar-refractivity contribution >= 4 is 16.7 Å². The van der Waals surface area contributed by atoms with E-state index in [1.165, 1.54) is 0 Å². The third-order valence-electron chi connectivity index (χ3n) is 2.60. The highest BCUT2D eigenvalue weighted by Gasteiger charge is 2.10. The first kappa shape index (κ1) is 11.8. The Morgan fingerprint density at radius 3 is 2.82 bits per heavy atom. The lowest BCUT2D eigenvalue weighted by molar-refractivity contribution is 0.180. The summed E-state index contributed by atoms with van der Waals surface area (Å²) in [7, 11) is 0. The molecular formula is C13H19N3O. The predicted octanol–water partition coefficient (Wildman–Crippen LogP) is 2.96. The fourth-order valence-corrected chi connectivity index (χ4v) is 1.96. The third kappa shape index (κ3) is 2.90. The van der Waals surface area contributed by atoms with Crippen molar-refractivity contribution in [3.05, 3.63) is 18.2 Å². The van der Waals surface area contributed by atoms with Gasteiger partial charge in [0.1, 0.15) is 0 Å². The largest absolute Gasteiger partial charge is 0.462 e. The van der Waals surface area contributed by atoms with Gasteiger partial charge in [0.2, 0.25) is 0 Å². The van der Waals surface area contributed by atoms with Gasteiger partial charge in [-0.2, -0.15) is 4.98 Å².